The molecule has 0 aromatic heterocycles. The molecule has 0 bridgehead atoms. The van der Waals surface area contributed by atoms with Crippen LogP contribution in [0.1, 0.15) is 20.7 Å². The summed E-state index contributed by atoms with van der Waals surface area (Å²) < 4.78 is 25.8. The van der Waals surface area contributed by atoms with Crippen LogP contribution >= 0.6 is 0 Å². The van der Waals surface area contributed by atoms with Gasteiger partial charge in [-0.2, -0.15) is 0 Å². The molecule has 2 N–H and O–H groups in total. The highest BCUT2D eigenvalue weighted by Crippen LogP contribution is 2.30. The van der Waals surface area contributed by atoms with Crippen molar-refractivity contribution in [2.24, 2.45) is 0 Å². The normalized spacial score (nSPS) is 11.4. The first kappa shape index (κ1) is 16.7. The number of sulfone groups is 1. The number of hydrogen-bond acceptors (Lipinski definition) is 4. The first-order chi connectivity index (χ1) is 11.8. The number of carbonyl (C=O) groups is 2. The van der Waals surface area contributed by atoms with Crippen molar-refractivity contribution in [1.82, 2.24) is 0 Å². The summed E-state index contributed by atoms with van der Waals surface area (Å²) in [7, 11) is -3.94. The van der Waals surface area contributed by atoms with Crippen molar-refractivity contribution in [3.05, 3.63) is 71.8 Å². The molecule has 0 amide bonds. The molecule has 0 aliphatic heterocycles. The Kier molecular flexibility index (Phi) is 4.02. The zero-order valence-electron chi connectivity index (χ0n) is 12.7. The third kappa shape index (κ3) is 2.85. The van der Waals surface area contributed by atoms with Crippen LogP contribution in [-0.4, -0.2) is 30.6 Å². The first-order valence-electron chi connectivity index (χ1n) is 7.16. The van der Waals surface area contributed by atoms with Crippen LogP contribution in [-0.2, 0) is 9.84 Å². The monoisotopic (exact) mass is 356 g/mol. The summed E-state index contributed by atoms with van der Waals surface area (Å²) in [4.78, 5) is 22.1. The Hall–Kier alpha value is -3.19. The van der Waals surface area contributed by atoms with Crippen molar-refractivity contribution in [3.8, 4) is 0 Å². The predicted molar refractivity (Wildman–Crippen MR) is 89.8 cm³/mol. The highest BCUT2D eigenvalue weighted by Gasteiger charge is 2.22. The fraction of sp³-hybridized carbons (Fsp3) is 0. The van der Waals surface area contributed by atoms with Crippen LogP contribution in [0, 0.1) is 0 Å². The molecule has 0 spiro atoms. The molecule has 126 valence electrons. The van der Waals surface area contributed by atoms with Crippen LogP contribution in [0.25, 0.3) is 10.8 Å². The van der Waals surface area contributed by atoms with E-state index < -0.39 is 21.8 Å². The van der Waals surface area contributed by atoms with Crippen LogP contribution in [0.3, 0.4) is 0 Å². The molecule has 0 aliphatic rings. The van der Waals surface area contributed by atoms with E-state index in [0.717, 1.165) is 0 Å². The van der Waals surface area contributed by atoms with Crippen LogP contribution < -0.4 is 0 Å². The smallest absolute Gasteiger partial charge is 0.336 e. The molecule has 7 heteroatoms. The van der Waals surface area contributed by atoms with E-state index in [1.54, 1.807) is 24.3 Å². The lowest BCUT2D eigenvalue weighted by Gasteiger charge is -2.10. The molecule has 3 aromatic carbocycles. The fourth-order valence-corrected chi connectivity index (χ4v) is 4.06. The molecule has 0 saturated heterocycles. The van der Waals surface area contributed by atoms with Gasteiger partial charge in [0.25, 0.3) is 0 Å². The standard InChI is InChI=1S/C18H12O6S/c19-17(20)11-5-7-12(8-6-11)25(23,24)16-10-9-15(18(21)22)13-3-1-2-4-14(13)16/h1-10H,(H,19,20)(H,21,22). The van der Waals surface area contributed by atoms with E-state index in [1.165, 1.54) is 36.4 Å². The molecule has 0 radical (unpaired) electrons. The predicted octanol–water partition coefficient (Wildman–Crippen LogP) is 3.07. The van der Waals surface area contributed by atoms with Gasteiger partial charge in [0.15, 0.2) is 0 Å². The molecule has 0 aliphatic carbocycles. The second-order valence-electron chi connectivity index (χ2n) is 5.29. The van der Waals surface area contributed by atoms with Crippen LogP contribution in [0.4, 0.5) is 0 Å². The van der Waals surface area contributed by atoms with E-state index in [-0.39, 0.29) is 20.9 Å². The Bertz CT molecular complexity index is 1100. The minimum Gasteiger partial charge on any atom is -0.478 e. The number of fused-ring (bicyclic) bond motifs is 1. The summed E-state index contributed by atoms with van der Waals surface area (Å²) in [6.45, 7) is 0. The third-order valence-electron chi connectivity index (χ3n) is 3.82. The second-order valence-corrected chi connectivity index (χ2v) is 7.21. The number of benzene rings is 3. The number of aromatic carboxylic acids is 2. The van der Waals surface area contributed by atoms with Crippen molar-refractivity contribution >= 4 is 32.5 Å². The van der Waals surface area contributed by atoms with Gasteiger partial charge < -0.3 is 10.2 Å². The van der Waals surface area contributed by atoms with Gasteiger partial charge in [0.1, 0.15) is 0 Å². The summed E-state index contributed by atoms with van der Waals surface area (Å²) >= 11 is 0. The van der Waals surface area contributed by atoms with Gasteiger partial charge >= 0.3 is 11.9 Å². The minimum absolute atomic E-state index is 0.00998. The topological polar surface area (TPSA) is 109 Å². The van der Waals surface area contributed by atoms with Crippen LogP contribution in [0.15, 0.2) is 70.5 Å². The summed E-state index contributed by atoms with van der Waals surface area (Å²) in [5.74, 6) is -2.30. The van der Waals surface area contributed by atoms with Gasteiger partial charge in [0, 0.05) is 5.39 Å². The van der Waals surface area contributed by atoms with Crippen molar-refractivity contribution in [2.75, 3.05) is 0 Å². The van der Waals surface area contributed by atoms with Crippen molar-refractivity contribution in [1.29, 1.82) is 0 Å². The first-order valence-corrected chi connectivity index (χ1v) is 8.64. The molecular weight excluding hydrogens is 344 g/mol. The zero-order chi connectivity index (χ0) is 18.2. The molecule has 0 heterocycles. The quantitative estimate of drug-likeness (QED) is 0.744. The maximum absolute atomic E-state index is 12.9. The third-order valence-corrected chi connectivity index (χ3v) is 5.64. The maximum Gasteiger partial charge on any atom is 0.336 e. The second kappa shape index (κ2) is 6.03. The van der Waals surface area contributed by atoms with E-state index in [9.17, 15) is 23.1 Å². The molecule has 0 unspecified atom stereocenters. The van der Waals surface area contributed by atoms with Gasteiger partial charge in [-0.1, -0.05) is 24.3 Å². The van der Waals surface area contributed by atoms with Gasteiger partial charge in [-0.15, -0.1) is 0 Å². The minimum atomic E-state index is -3.94. The lowest BCUT2D eigenvalue weighted by Crippen LogP contribution is -2.06. The largest absolute Gasteiger partial charge is 0.478 e. The Labute approximate surface area is 142 Å². The number of hydrogen-bond donors (Lipinski definition) is 2. The molecule has 3 aromatic rings. The van der Waals surface area contributed by atoms with Crippen LogP contribution in [0.5, 0.6) is 0 Å². The molecular formula is C18H12O6S. The zero-order valence-corrected chi connectivity index (χ0v) is 13.5. The molecule has 0 saturated carbocycles. The highest BCUT2D eigenvalue weighted by molar-refractivity contribution is 7.91. The lowest BCUT2D eigenvalue weighted by molar-refractivity contribution is 0.0687. The van der Waals surface area contributed by atoms with Crippen molar-refractivity contribution in [2.45, 2.75) is 9.79 Å². The van der Waals surface area contributed by atoms with E-state index in [4.69, 9.17) is 5.11 Å². The molecule has 0 atom stereocenters. The average molecular weight is 356 g/mol. The number of carboxylic acid groups (broad SMARTS) is 2. The number of rotatable bonds is 4. The van der Waals surface area contributed by atoms with Gasteiger partial charge in [-0.05, 0) is 41.8 Å². The summed E-state index contributed by atoms with van der Waals surface area (Å²) in [6.07, 6.45) is 0. The van der Waals surface area contributed by atoms with Crippen molar-refractivity contribution < 1.29 is 28.2 Å². The molecule has 6 nitrogen and oxygen atoms in total. The van der Waals surface area contributed by atoms with Crippen molar-refractivity contribution in [3.63, 3.8) is 0 Å². The summed E-state index contributed by atoms with van der Waals surface area (Å²) in [6, 6.07) is 13.7. The molecule has 0 fully saturated rings. The summed E-state index contributed by atoms with van der Waals surface area (Å²) in [5.41, 5.74) is -0.0131. The van der Waals surface area contributed by atoms with Gasteiger partial charge in [-0.25, -0.2) is 18.0 Å². The Balaban J connectivity index is 2.23. The summed E-state index contributed by atoms with van der Waals surface area (Å²) in [5, 5.41) is 18.8. The Morgan fingerprint density at radius 1 is 0.720 bits per heavy atom. The van der Waals surface area contributed by atoms with Gasteiger partial charge in [-0.3, -0.25) is 0 Å². The van der Waals surface area contributed by atoms with E-state index in [1.807, 2.05) is 0 Å². The van der Waals surface area contributed by atoms with Crippen LogP contribution in [0.2, 0.25) is 0 Å². The SMILES string of the molecule is O=C(O)c1ccc(S(=O)(=O)c2ccc(C(=O)O)c3ccccc23)cc1. The maximum atomic E-state index is 12.9. The lowest BCUT2D eigenvalue weighted by atomic mass is 10.0. The van der Waals surface area contributed by atoms with Gasteiger partial charge in [0.05, 0.1) is 20.9 Å². The van der Waals surface area contributed by atoms with E-state index in [2.05, 4.69) is 0 Å². The average Bonchev–Trinajstić information content (AvgIpc) is 2.60. The van der Waals surface area contributed by atoms with E-state index >= 15 is 0 Å². The number of carboxylic acids is 2. The molecule has 3 rings (SSSR count). The van der Waals surface area contributed by atoms with E-state index in [0.29, 0.717) is 10.8 Å². The fourth-order valence-electron chi connectivity index (χ4n) is 2.60. The van der Waals surface area contributed by atoms with Gasteiger partial charge in [0.2, 0.25) is 9.84 Å². The highest BCUT2D eigenvalue weighted by atomic mass is 32.2. The molecule has 25 heavy (non-hydrogen) atoms. The Morgan fingerprint density at radius 3 is 1.88 bits per heavy atom. The Morgan fingerprint density at radius 2 is 1.32 bits per heavy atom.